The fourth-order valence-electron chi connectivity index (χ4n) is 3.50. The van der Waals surface area contributed by atoms with Crippen molar-refractivity contribution in [2.24, 2.45) is 5.41 Å². The lowest BCUT2D eigenvalue weighted by Gasteiger charge is -2.25. The topological polar surface area (TPSA) is 69.2 Å². The van der Waals surface area contributed by atoms with Crippen molar-refractivity contribution >= 4 is 11.2 Å². The van der Waals surface area contributed by atoms with E-state index in [4.69, 9.17) is 0 Å². The van der Waals surface area contributed by atoms with E-state index < -0.39 is 6.43 Å². The Labute approximate surface area is 173 Å². The number of aromatic nitrogens is 3. The van der Waals surface area contributed by atoms with Crippen LogP contribution in [0.15, 0.2) is 42.9 Å². The Morgan fingerprint density at radius 1 is 1.23 bits per heavy atom. The van der Waals surface area contributed by atoms with Gasteiger partial charge in [0, 0.05) is 42.8 Å². The van der Waals surface area contributed by atoms with E-state index in [0.29, 0.717) is 23.6 Å². The average molecular weight is 408 g/mol. The van der Waals surface area contributed by atoms with E-state index in [2.05, 4.69) is 53.4 Å². The average Bonchev–Trinajstić information content (AvgIpc) is 3.32. The van der Waals surface area contributed by atoms with Crippen LogP contribution in [0.3, 0.4) is 0 Å². The zero-order chi connectivity index (χ0) is 21.5. The molecule has 3 aromatic heterocycles. The van der Waals surface area contributed by atoms with Crippen LogP contribution in [0.5, 0.6) is 0 Å². The molecule has 0 aliphatic carbocycles. The number of hydrazine groups is 1. The van der Waals surface area contributed by atoms with Crippen LogP contribution >= 0.6 is 0 Å². The summed E-state index contributed by atoms with van der Waals surface area (Å²) < 4.78 is 27.6. The van der Waals surface area contributed by atoms with Gasteiger partial charge in [0.2, 0.25) is 0 Å². The van der Waals surface area contributed by atoms with Crippen molar-refractivity contribution in [3.05, 3.63) is 59.8 Å². The zero-order valence-electron chi connectivity index (χ0n) is 17.0. The molecule has 1 N–H and O–H groups in total. The molecular formula is C22H22F2N6. The summed E-state index contributed by atoms with van der Waals surface area (Å²) in [6.07, 6.45) is 2.42. The summed E-state index contributed by atoms with van der Waals surface area (Å²) in [7, 11) is 0. The summed E-state index contributed by atoms with van der Waals surface area (Å²) >= 11 is 0. The molecule has 154 valence electrons. The molecule has 0 radical (unpaired) electrons. The Morgan fingerprint density at radius 3 is 2.73 bits per heavy atom. The Hall–Kier alpha value is -3.31. The molecule has 6 nitrogen and oxygen atoms in total. The second-order valence-corrected chi connectivity index (χ2v) is 8.53. The number of pyridine rings is 2. The lowest BCUT2D eigenvalue weighted by Crippen LogP contribution is -2.35. The summed E-state index contributed by atoms with van der Waals surface area (Å²) in [5.74, 6) is 0. The predicted octanol–water partition coefficient (Wildman–Crippen LogP) is 4.41. The first-order chi connectivity index (χ1) is 14.2. The van der Waals surface area contributed by atoms with Crippen molar-refractivity contribution in [3.63, 3.8) is 0 Å². The number of rotatable bonds is 4. The number of imidazole rings is 1. The van der Waals surface area contributed by atoms with Crippen LogP contribution in [0.2, 0.25) is 0 Å². The Morgan fingerprint density at radius 2 is 2.03 bits per heavy atom. The maximum absolute atomic E-state index is 13.0. The first-order valence-electron chi connectivity index (χ1n) is 9.63. The third-order valence-electron chi connectivity index (χ3n) is 4.76. The van der Waals surface area contributed by atoms with Crippen molar-refractivity contribution in [2.75, 3.05) is 13.1 Å². The van der Waals surface area contributed by atoms with Gasteiger partial charge in [-0.25, -0.2) is 24.2 Å². The van der Waals surface area contributed by atoms with Crippen LogP contribution in [-0.4, -0.2) is 32.5 Å². The summed E-state index contributed by atoms with van der Waals surface area (Å²) in [4.78, 5) is 8.53. The first kappa shape index (κ1) is 20.0. The molecule has 0 amide bonds. The highest BCUT2D eigenvalue weighted by molar-refractivity contribution is 5.81. The standard InChI is InChI=1S/C22H22F2N6/c1-22(2,3)13-30-11-15(10-26-30)17-5-4-16(9-25)27-20(17)14-6-7-29-12-18(21(23)24)28-19(29)8-14/h4-8,11-12,21,26H,10,13H2,1-3H3. The molecule has 0 bridgehead atoms. The molecule has 0 aromatic carbocycles. The zero-order valence-corrected chi connectivity index (χ0v) is 17.0. The highest BCUT2D eigenvalue weighted by Crippen LogP contribution is 2.31. The number of nitrogens with zero attached hydrogens (tertiary/aromatic N) is 5. The van der Waals surface area contributed by atoms with Crippen molar-refractivity contribution in [1.29, 1.82) is 5.26 Å². The van der Waals surface area contributed by atoms with Gasteiger partial charge in [-0.15, -0.1) is 0 Å². The summed E-state index contributed by atoms with van der Waals surface area (Å²) in [6, 6.07) is 9.16. The van der Waals surface area contributed by atoms with Gasteiger partial charge in [0.25, 0.3) is 6.43 Å². The molecule has 0 spiro atoms. The van der Waals surface area contributed by atoms with Gasteiger partial charge in [-0.05, 0) is 35.3 Å². The minimum Gasteiger partial charge on any atom is -0.314 e. The van der Waals surface area contributed by atoms with E-state index in [9.17, 15) is 14.0 Å². The number of halogens is 2. The van der Waals surface area contributed by atoms with Crippen molar-refractivity contribution in [1.82, 2.24) is 24.8 Å². The highest BCUT2D eigenvalue weighted by Gasteiger charge is 2.22. The summed E-state index contributed by atoms with van der Waals surface area (Å²) in [5.41, 5.74) is 7.20. The Kier molecular flexibility index (Phi) is 5.00. The van der Waals surface area contributed by atoms with Crippen LogP contribution in [0.25, 0.3) is 22.5 Å². The van der Waals surface area contributed by atoms with E-state index in [1.165, 1.54) is 6.20 Å². The molecule has 30 heavy (non-hydrogen) atoms. The van der Waals surface area contributed by atoms with Gasteiger partial charge in [-0.2, -0.15) is 5.26 Å². The van der Waals surface area contributed by atoms with Crippen LogP contribution in [0, 0.1) is 16.7 Å². The van der Waals surface area contributed by atoms with E-state index >= 15 is 0 Å². The van der Waals surface area contributed by atoms with Gasteiger partial charge in [0.15, 0.2) is 0 Å². The highest BCUT2D eigenvalue weighted by atomic mass is 19.3. The number of alkyl halides is 2. The molecule has 0 saturated carbocycles. The second-order valence-electron chi connectivity index (χ2n) is 8.53. The van der Waals surface area contributed by atoms with E-state index in [1.807, 2.05) is 6.07 Å². The normalized spacial score (nSPS) is 14.4. The molecule has 1 aliphatic rings. The van der Waals surface area contributed by atoms with Crippen LogP contribution in [-0.2, 0) is 0 Å². The van der Waals surface area contributed by atoms with Crippen molar-refractivity contribution < 1.29 is 8.78 Å². The maximum Gasteiger partial charge on any atom is 0.281 e. The Bertz CT molecular complexity index is 1170. The minimum atomic E-state index is -2.63. The molecule has 8 heteroatoms. The fourth-order valence-corrected chi connectivity index (χ4v) is 3.50. The maximum atomic E-state index is 13.0. The summed E-state index contributed by atoms with van der Waals surface area (Å²) in [6.45, 7) is 7.98. The third-order valence-corrected chi connectivity index (χ3v) is 4.76. The molecule has 0 saturated heterocycles. The minimum absolute atomic E-state index is 0.124. The van der Waals surface area contributed by atoms with Crippen molar-refractivity contribution in [3.8, 4) is 17.3 Å². The number of nitrogens with one attached hydrogen (secondary N) is 1. The van der Waals surface area contributed by atoms with Crippen LogP contribution in [0.4, 0.5) is 8.78 Å². The second kappa shape index (κ2) is 7.50. The van der Waals surface area contributed by atoms with Crippen LogP contribution < -0.4 is 5.43 Å². The van der Waals surface area contributed by atoms with Crippen LogP contribution in [0.1, 0.15) is 44.1 Å². The lowest BCUT2D eigenvalue weighted by molar-refractivity contribution is 0.147. The molecule has 0 atom stereocenters. The lowest BCUT2D eigenvalue weighted by atomic mass is 9.97. The SMILES string of the molecule is CC(C)(C)CN1C=C(c2ccc(C#N)nc2-c2ccn3cc(C(F)F)nc3c2)CN1. The van der Waals surface area contributed by atoms with Gasteiger partial charge >= 0.3 is 0 Å². The molecule has 0 unspecified atom stereocenters. The van der Waals surface area contributed by atoms with Gasteiger partial charge in [-0.1, -0.05) is 20.8 Å². The van der Waals surface area contributed by atoms with Gasteiger partial charge in [0.1, 0.15) is 23.1 Å². The summed E-state index contributed by atoms with van der Waals surface area (Å²) in [5, 5.41) is 11.4. The molecule has 1 aliphatic heterocycles. The molecule has 4 rings (SSSR count). The number of nitriles is 1. The smallest absolute Gasteiger partial charge is 0.281 e. The van der Waals surface area contributed by atoms with E-state index in [-0.39, 0.29) is 11.1 Å². The van der Waals surface area contributed by atoms with Crippen molar-refractivity contribution in [2.45, 2.75) is 27.2 Å². The van der Waals surface area contributed by atoms with Gasteiger partial charge < -0.3 is 9.41 Å². The fraction of sp³-hybridized carbons (Fsp3) is 0.318. The number of fused-ring (bicyclic) bond motifs is 1. The largest absolute Gasteiger partial charge is 0.314 e. The van der Waals surface area contributed by atoms with Gasteiger partial charge in [0.05, 0.1) is 5.69 Å². The monoisotopic (exact) mass is 408 g/mol. The Balaban J connectivity index is 1.77. The predicted molar refractivity (Wildman–Crippen MR) is 110 cm³/mol. The molecule has 3 aromatic rings. The van der Waals surface area contributed by atoms with E-state index in [0.717, 1.165) is 23.2 Å². The molecule has 4 heterocycles. The first-order valence-corrected chi connectivity index (χ1v) is 9.63. The third kappa shape index (κ3) is 4.02. The molecular weight excluding hydrogens is 386 g/mol. The van der Waals surface area contributed by atoms with E-state index in [1.54, 1.807) is 28.8 Å². The number of hydrogen-bond donors (Lipinski definition) is 1. The van der Waals surface area contributed by atoms with Gasteiger partial charge in [-0.3, -0.25) is 0 Å². The molecule has 0 fully saturated rings. The number of hydrogen-bond acceptors (Lipinski definition) is 5. The quantitative estimate of drug-likeness (QED) is 0.692.